The fourth-order valence-electron chi connectivity index (χ4n) is 3.26. The van der Waals surface area contributed by atoms with E-state index in [9.17, 15) is 23.5 Å². The lowest BCUT2D eigenvalue weighted by Crippen LogP contribution is -2.31. The minimum Gasteiger partial charge on any atom is -0.505 e. The molecule has 10 heteroatoms. The summed E-state index contributed by atoms with van der Waals surface area (Å²) >= 11 is 0. The van der Waals surface area contributed by atoms with Crippen LogP contribution < -0.4 is 5.32 Å². The van der Waals surface area contributed by atoms with Gasteiger partial charge in [-0.15, -0.1) is 0 Å². The maximum atomic E-state index is 13.8. The lowest BCUT2D eigenvalue weighted by atomic mass is 9.97. The van der Waals surface area contributed by atoms with Gasteiger partial charge in [0.2, 0.25) is 0 Å². The monoisotopic (exact) mass is 412 g/mol. The van der Waals surface area contributed by atoms with Gasteiger partial charge in [-0.25, -0.2) is 18.3 Å². The van der Waals surface area contributed by atoms with Crippen LogP contribution in [0.2, 0.25) is 0 Å². The summed E-state index contributed by atoms with van der Waals surface area (Å²) in [7, 11) is 1.17. The van der Waals surface area contributed by atoms with Crippen molar-refractivity contribution in [3.63, 3.8) is 0 Å². The predicted octanol–water partition coefficient (Wildman–Crippen LogP) is 2.44. The Morgan fingerprint density at radius 3 is 2.63 bits per heavy atom. The Hall–Kier alpha value is -4.08. The van der Waals surface area contributed by atoms with Crippen molar-refractivity contribution in [2.45, 2.75) is 0 Å². The molecule has 2 aromatic heterocycles. The molecule has 4 aromatic rings. The number of amides is 1. The molecule has 30 heavy (non-hydrogen) atoms. The Bertz CT molecular complexity index is 1300. The van der Waals surface area contributed by atoms with Crippen LogP contribution in [-0.4, -0.2) is 45.2 Å². The van der Waals surface area contributed by atoms with E-state index >= 15 is 0 Å². The van der Waals surface area contributed by atoms with Crippen molar-refractivity contribution in [2.75, 3.05) is 13.7 Å². The Morgan fingerprint density at radius 1 is 1.20 bits per heavy atom. The first-order chi connectivity index (χ1) is 14.4. The van der Waals surface area contributed by atoms with Crippen molar-refractivity contribution in [1.82, 2.24) is 19.9 Å². The number of hydrogen-bond donors (Lipinski definition) is 2. The summed E-state index contributed by atoms with van der Waals surface area (Å²) in [6.07, 6.45) is 1.17. The van der Waals surface area contributed by atoms with Gasteiger partial charge >= 0.3 is 5.97 Å². The first kappa shape index (κ1) is 19.2. The van der Waals surface area contributed by atoms with Crippen LogP contribution in [0.25, 0.3) is 27.5 Å². The topological polar surface area (TPSA) is 106 Å². The van der Waals surface area contributed by atoms with Gasteiger partial charge in [0.1, 0.15) is 24.5 Å². The number of benzene rings is 2. The SMILES string of the molecule is COC(=O)CNC(=O)c1c(O)c2cccc(-c3cc(F)cc(F)c3)c2c2ncnn12. The first-order valence-electron chi connectivity index (χ1n) is 8.69. The van der Waals surface area contributed by atoms with Crippen LogP contribution in [0.5, 0.6) is 5.75 Å². The maximum absolute atomic E-state index is 13.8. The zero-order valence-electron chi connectivity index (χ0n) is 15.5. The standard InChI is InChI=1S/C20H14F2N4O4/c1-30-15(27)8-23-20(29)17-18(28)14-4-2-3-13(10-5-11(21)7-12(22)6-10)16(14)19-24-9-25-26(17)19/h2-7,9,28H,8H2,1H3,(H,23,29). The van der Waals surface area contributed by atoms with Crippen LogP contribution in [0.4, 0.5) is 8.78 Å². The molecule has 0 atom stereocenters. The molecule has 0 aliphatic rings. The molecule has 1 amide bonds. The second kappa shape index (κ2) is 7.39. The van der Waals surface area contributed by atoms with Gasteiger partial charge in [0.15, 0.2) is 17.1 Å². The molecule has 0 bridgehead atoms. The van der Waals surface area contributed by atoms with E-state index in [1.807, 2.05) is 0 Å². The Kier molecular flexibility index (Phi) is 4.74. The number of aromatic hydroxyl groups is 1. The Labute approximate surface area is 167 Å². The molecule has 2 N–H and O–H groups in total. The van der Waals surface area contributed by atoms with E-state index in [0.29, 0.717) is 10.9 Å². The Balaban J connectivity index is 1.96. The van der Waals surface area contributed by atoms with Crippen LogP contribution >= 0.6 is 0 Å². The number of aromatic nitrogens is 3. The number of esters is 1. The van der Waals surface area contributed by atoms with Gasteiger partial charge in [0, 0.05) is 16.8 Å². The van der Waals surface area contributed by atoms with Gasteiger partial charge in [-0.2, -0.15) is 5.10 Å². The van der Waals surface area contributed by atoms with Crippen LogP contribution in [0.1, 0.15) is 10.5 Å². The molecule has 0 saturated heterocycles. The summed E-state index contributed by atoms with van der Waals surface area (Å²) < 4.78 is 33.1. The van der Waals surface area contributed by atoms with Crippen LogP contribution in [0.3, 0.4) is 0 Å². The number of nitrogens with zero attached hydrogens (tertiary/aromatic N) is 3. The van der Waals surface area contributed by atoms with E-state index in [4.69, 9.17) is 0 Å². The number of ether oxygens (including phenoxy) is 1. The van der Waals surface area contributed by atoms with Crippen molar-refractivity contribution in [2.24, 2.45) is 0 Å². The number of methoxy groups -OCH3 is 1. The second-order valence-electron chi connectivity index (χ2n) is 6.34. The number of carbonyl (C=O) groups excluding carboxylic acids is 2. The number of hydrogen-bond acceptors (Lipinski definition) is 6. The average Bonchev–Trinajstić information content (AvgIpc) is 3.20. The minimum absolute atomic E-state index is 0.186. The van der Waals surface area contributed by atoms with E-state index < -0.39 is 35.8 Å². The molecule has 0 fully saturated rings. The molecule has 0 spiro atoms. The highest BCUT2D eigenvalue weighted by Crippen LogP contribution is 2.37. The van der Waals surface area contributed by atoms with E-state index in [-0.39, 0.29) is 22.3 Å². The number of carbonyl (C=O) groups is 2. The number of halogens is 2. The van der Waals surface area contributed by atoms with Gasteiger partial charge in [-0.05, 0) is 23.3 Å². The van der Waals surface area contributed by atoms with Crippen molar-refractivity contribution in [1.29, 1.82) is 0 Å². The average molecular weight is 412 g/mol. The van der Waals surface area contributed by atoms with Crippen LogP contribution in [0.15, 0.2) is 42.7 Å². The van der Waals surface area contributed by atoms with Crippen LogP contribution in [0, 0.1) is 11.6 Å². The van der Waals surface area contributed by atoms with Gasteiger partial charge < -0.3 is 15.2 Å². The summed E-state index contributed by atoms with van der Waals surface area (Å²) in [6, 6.07) is 7.78. The number of fused-ring (bicyclic) bond motifs is 3. The molecule has 152 valence electrons. The zero-order chi connectivity index (χ0) is 21.4. The highest BCUT2D eigenvalue weighted by molar-refractivity contribution is 6.12. The summed E-state index contributed by atoms with van der Waals surface area (Å²) in [6.45, 7) is -0.411. The van der Waals surface area contributed by atoms with E-state index in [0.717, 1.165) is 22.7 Å². The summed E-state index contributed by atoms with van der Waals surface area (Å²) in [4.78, 5) is 28.1. The quantitative estimate of drug-likeness (QED) is 0.499. The number of pyridine rings is 1. The highest BCUT2D eigenvalue weighted by atomic mass is 19.1. The molecule has 4 rings (SSSR count). The zero-order valence-corrected chi connectivity index (χ0v) is 15.5. The summed E-state index contributed by atoms with van der Waals surface area (Å²) in [5.74, 6) is -3.40. The molecule has 0 aliphatic carbocycles. The predicted molar refractivity (Wildman–Crippen MR) is 102 cm³/mol. The van der Waals surface area contributed by atoms with Crippen molar-refractivity contribution in [3.05, 3.63) is 60.1 Å². The molecule has 8 nitrogen and oxygen atoms in total. The molecule has 0 aliphatic heterocycles. The number of rotatable bonds is 4. The smallest absolute Gasteiger partial charge is 0.325 e. The van der Waals surface area contributed by atoms with Crippen LogP contribution in [-0.2, 0) is 9.53 Å². The summed E-state index contributed by atoms with van der Waals surface area (Å²) in [5, 5.41) is 17.7. The highest BCUT2D eigenvalue weighted by Gasteiger charge is 2.24. The maximum Gasteiger partial charge on any atom is 0.325 e. The van der Waals surface area contributed by atoms with Gasteiger partial charge in [0.25, 0.3) is 5.91 Å². The van der Waals surface area contributed by atoms with Crippen molar-refractivity contribution >= 4 is 28.3 Å². The van der Waals surface area contributed by atoms with Gasteiger partial charge in [-0.1, -0.05) is 18.2 Å². The fraction of sp³-hybridized carbons (Fsp3) is 0.100. The second-order valence-corrected chi connectivity index (χ2v) is 6.34. The third kappa shape index (κ3) is 3.17. The molecular formula is C20H14F2N4O4. The normalized spacial score (nSPS) is 11.0. The van der Waals surface area contributed by atoms with Crippen molar-refractivity contribution in [3.8, 4) is 16.9 Å². The van der Waals surface area contributed by atoms with Gasteiger partial charge in [0.05, 0.1) is 7.11 Å². The van der Waals surface area contributed by atoms with E-state index in [2.05, 4.69) is 20.1 Å². The fourth-order valence-corrected chi connectivity index (χ4v) is 3.26. The van der Waals surface area contributed by atoms with Crippen molar-refractivity contribution < 1.29 is 28.2 Å². The molecule has 2 heterocycles. The lowest BCUT2D eigenvalue weighted by Gasteiger charge is -2.14. The minimum atomic E-state index is -0.780. The molecule has 0 unspecified atom stereocenters. The van der Waals surface area contributed by atoms with E-state index in [1.54, 1.807) is 12.1 Å². The van der Waals surface area contributed by atoms with E-state index in [1.165, 1.54) is 19.5 Å². The molecular weight excluding hydrogens is 398 g/mol. The Morgan fingerprint density at radius 2 is 1.93 bits per heavy atom. The third-order valence-corrected chi connectivity index (χ3v) is 4.54. The first-order valence-corrected chi connectivity index (χ1v) is 8.69. The molecule has 0 radical (unpaired) electrons. The number of nitrogens with one attached hydrogen (secondary N) is 1. The molecule has 0 saturated carbocycles. The largest absolute Gasteiger partial charge is 0.505 e. The third-order valence-electron chi connectivity index (χ3n) is 4.54. The lowest BCUT2D eigenvalue weighted by molar-refractivity contribution is -0.139. The molecule has 2 aromatic carbocycles. The summed E-state index contributed by atoms with van der Waals surface area (Å²) in [5.41, 5.74) is 0.554. The van der Waals surface area contributed by atoms with Gasteiger partial charge in [-0.3, -0.25) is 9.59 Å².